The van der Waals surface area contributed by atoms with Crippen molar-refractivity contribution in [3.63, 3.8) is 0 Å². The number of aliphatic hydroxyl groups excluding tert-OH is 1. The zero-order valence-electron chi connectivity index (χ0n) is 16.4. The summed E-state index contributed by atoms with van der Waals surface area (Å²) in [6.45, 7) is 2.17. The van der Waals surface area contributed by atoms with Gasteiger partial charge in [0.2, 0.25) is 5.91 Å². The summed E-state index contributed by atoms with van der Waals surface area (Å²) in [6, 6.07) is 15.7. The van der Waals surface area contributed by atoms with Gasteiger partial charge in [-0.05, 0) is 24.1 Å². The van der Waals surface area contributed by atoms with Crippen LogP contribution in [0.2, 0.25) is 0 Å². The minimum atomic E-state index is -0.456. The highest BCUT2D eigenvalue weighted by atomic mass is 16.6. The number of benzene rings is 2. The third-order valence-corrected chi connectivity index (χ3v) is 5.25. The number of carbonyl (C=O) groups is 1. The second kappa shape index (κ2) is 9.49. The van der Waals surface area contributed by atoms with Crippen molar-refractivity contribution < 1.29 is 14.8 Å². The smallest absolute Gasteiger partial charge is 0.269 e. The molecule has 0 saturated carbocycles. The maximum Gasteiger partial charge on any atom is 0.269 e. The van der Waals surface area contributed by atoms with Crippen LogP contribution < -0.4 is 5.32 Å². The molecule has 0 bridgehead atoms. The number of anilines is 1. The molecule has 0 aromatic heterocycles. The molecule has 2 N–H and O–H groups in total. The number of hydrogen-bond donors (Lipinski definition) is 2. The molecule has 3 rings (SSSR count). The van der Waals surface area contributed by atoms with Crippen LogP contribution in [0.5, 0.6) is 0 Å². The second-order valence-corrected chi connectivity index (χ2v) is 7.29. The lowest BCUT2D eigenvalue weighted by molar-refractivity contribution is -0.384. The molecule has 1 unspecified atom stereocenters. The molecular weight excluding hydrogens is 372 g/mol. The zero-order valence-corrected chi connectivity index (χ0v) is 16.4. The van der Waals surface area contributed by atoms with E-state index >= 15 is 0 Å². The summed E-state index contributed by atoms with van der Waals surface area (Å²) in [5.74, 6) is -0.0862. The molecule has 1 aliphatic heterocycles. The molecule has 29 heavy (non-hydrogen) atoms. The van der Waals surface area contributed by atoms with Gasteiger partial charge in [0.25, 0.3) is 5.69 Å². The van der Waals surface area contributed by atoms with E-state index in [0.717, 1.165) is 18.5 Å². The van der Waals surface area contributed by atoms with E-state index < -0.39 is 4.92 Å². The van der Waals surface area contributed by atoms with Crippen LogP contribution in [-0.2, 0) is 4.79 Å². The van der Waals surface area contributed by atoms with E-state index in [1.54, 1.807) is 24.1 Å². The molecule has 2 aromatic rings. The average molecular weight is 398 g/mol. The number of likely N-dealkylation sites (tertiary alicyclic amines) is 1. The SMILES string of the molecule is CN(C(=O)CNc1ccc([N+](=O)[O-])cc1)[C@H](CN1CCC(O)C1)c1ccccc1. The quantitative estimate of drug-likeness (QED) is 0.523. The number of non-ortho nitro benzene ring substituents is 1. The Morgan fingerprint density at radius 2 is 1.97 bits per heavy atom. The van der Waals surface area contributed by atoms with Crippen LogP contribution in [0.25, 0.3) is 0 Å². The van der Waals surface area contributed by atoms with Crippen molar-refractivity contribution in [2.45, 2.75) is 18.6 Å². The Morgan fingerprint density at radius 3 is 2.55 bits per heavy atom. The number of nitro benzene ring substituents is 1. The van der Waals surface area contributed by atoms with Gasteiger partial charge in [0, 0.05) is 44.5 Å². The Morgan fingerprint density at radius 1 is 1.28 bits per heavy atom. The van der Waals surface area contributed by atoms with Gasteiger partial charge in [0.15, 0.2) is 0 Å². The Kier molecular flexibility index (Phi) is 6.79. The molecule has 1 saturated heterocycles. The first-order valence-electron chi connectivity index (χ1n) is 9.63. The molecule has 0 aliphatic carbocycles. The fraction of sp³-hybridized carbons (Fsp3) is 0.381. The van der Waals surface area contributed by atoms with E-state index in [1.165, 1.54) is 12.1 Å². The van der Waals surface area contributed by atoms with Gasteiger partial charge in [-0.2, -0.15) is 0 Å². The van der Waals surface area contributed by atoms with Crippen LogP contribution in [0.15, 0.2) is 54.6 Å². The number of nitro groups is 1. The molecule has 1 aliphatic rings. The number of carbonyl (C=O) groups excluding carboxylic acids is 1. The summed E-state index contributed by atoms with van der Waals surface area (Å²) in [4.78, 5) is 27.0. The Labute approximate surface area is 169 Å². The molecule has 2 atom stereocenters. The summed E-state index contributed by atoms with van der Waals surface area (Å²) in [5.41, 5.74) is 1.70. The van der Waals surface area contributed by atoms with Crippen LogP contribution in [-0.4, -0.2) is 65.1 Å². The van der Waals surface area contributed by atoms with E-state index in [-0.39, 0.29) is 30.3 Å². The van der Waals surface area contributed by atoms with Crippen LogP contribution >= 0.6 is 0 Å². The van der Waals surface area contributed by atoms with Crippen LogP contribution in [0.4, 0.5) is 11.4 Å². The zero-order chi connectivity index (χ0) is 20.8. The first-order chi connectivity index (χ1) is 13.9. The van der Waals surface area contributed by atoms with E-state index in [0.29, 0.717) is 18.8 Å². The maximum absolute atomic E-state index is 12.8. The molecule has 2 aromatic carbocycles. The molecule has 154 valence electrons. The molecule has 0 spiro atoms. The van der Waals surface area contributed by atoms with Gasteiger partial charge >= 0.3 is 0 Å². The summed E-state index contributed by atoms with van der Waals surface area (Å²) in [5, 5.41) is 23.6. The number of nitrogens with zero attached hydrogens (tertiary/aromatic N) is 3. The minimum Gasteiger partial charge on any atom is -0.392 e. The predicted octanol–water partition coefficient (Wildman–Crippen LogP) is 2.27. The van der Waals surface area contributed by atoms with Crippen molar-refractivity contribution in [1.82, 2.24) is 9.80 Å². The number of β-amino-alcohol motifs (C(OH)–C–C–N with tert-alkyl or cyclic N) is 1. The number of hydrogen-bond acceptors (Lipinski definition) is 6. The molecule has 0 radical (unpaired) electrons. The van der Waals surface area contributed by atoms with Crippen molar-refractivity contribution in [3.05, 3.63) is 70.3 Å². The van der Waals surface area contributed by atoms with Crippen molar-refractivity contribution >= 4 is 17.3 Å². The lowest BCUT2D eigenvalue weighted by Gasteiger charge is -2.32. The topological polar surface area (TPSA) is 99.0 Å². The van der Waals surface area contributed by atoms with Gasteiger partial charge in [-0.25, -0.2) is 0 Å². The predicted molar refractivity (Wildman–Crippen MR) is 111 cm³/mol. The highest BCUT2D eigenvalue weighted by molar-refractivity contribution is 5.81. The van der Waals surface area contributed by atoms with Crippen LogP contribution in [0, 0.1) is 10.1 Å². The van der Waals surface area contributed by atoms with E-state index in [2.05, 4.69) is 10.2 Å². The Balaban J connectivity index is 1.65. The van der Waals surface area contributed by atoms with E-state index in [1.807, 2.05) is 30.3 Å². The summed E-state index contributed by atoms with van der Waals surface area (Å²) in [7, 11) is 1.78. The Bertz CT molecular complexity index is 828. The number of likely N-dealkylation sites (N-methyl/N-ethyl adjacent to an activating group) is 1. The third kappa shape index (κ3) is 5.52. The monoisotopic (exact) mass is 398 g/mol. The molecular formula is C21H26N4O4. The standard InChI is InChI=1S/C21H26N4O4/c1-23(21(27)13-22-17-7-9-18(10-8-17)25(28)29)20(16-5-3-2-4-6-16)15-24-12-11-19(26)14-24/h2-10,19-20,22,26H,11-15H2,1H3/t19?,20-/m1/s1. The molecule has 1 amide bonds. The normalized spacial score (nSPS) is 17.7. The number of aliphatic hydroxyl groups is 1. The highest BCUT2D eigenvalue weighted by Gasteiger charge is 2.27. The molecule has 1 heterocycles. The van der Waals surface area contributed by atoms with Gasteiger partial charge in [0.1, 0.15) is 0 Å². The fourth-order valence-corrected chi connectivity index (χ4v) is 3.53. The average Bonchev–Trinajstić information content (AvgIpc) is 3.15. The van der Waals surface area contributed by atoms with E-state index in [9.17, 15) is 20.0 Å². The molecule has 1 fully saturated rings. The summed E-state index contributed by atoms with van der Waals surface area (Å²) in [6.07, 6.45) is 0.442. The third-order valence-electron chi connectivity index (χ3n) is 5.25. The van der Waals surface area contributed by atoms with Gasteiger partial charge in [-0.1, -0.05) is 30.3 Å². The second-order valence-electron chi connectivity index (χ2n) is 7.29. The van der Waals surface area contributed by atoms with Gasteiger partial charge < -0.3 is 15.3 Å². The number of rotatable bonds is 8. The highest BCUT2D eigenvalue weighted by Crippen LogP contribution is 2.23. The lowest BCUT2D eigenvalue weighted by Crippen LogP contribution is -2.41. The number of amides is 1. The van der Waals surface area contributed by atoms with E-state index in [4.69, 9.17) is 0 Å². The first-order valence-corrected chi connectivity index (χ1v) is 9.63. The molecule has 8 heteroatoms. The van der Waals surface area contributed by atoms with Gasteiger partial charge in [-0.15, -0.1) is 0 Å². The minimum absolute atomic E-state index is 0.0101. The van der Waals surface area contributed by atoms with Crippen molar-refractivity contribution in [2.75, 3.05) is 38.5 Å². The number of nitrogens with one attached hydrogen (secondary N) is 1. The van der Waals surface area contributed by atoms with Crippen LogP contribution in [0.3, 0.4) is 0 Å². The van der Waals surface area contributed by atoms with Gasteiger partial charge in [-0.3, -0.25) is 19.8 Å². The van der Waals surface area contributed by atoms with Crippen molar-refractivity contribution in [3.8, 4) is 0 Å². The van der Waals surface area contributed by atoms with Crippen molar-refractivity contribution in [2.24, 2.45) is 0 Å². The summed E-state index contributed by atoms with van der Waals surface area (Å²) >= 11 is 0. The summed E-state index contributed by atoms with van der Waals surface area (Å²) < 4.78 is 0. The van der Waals surface area contributed by atoms with Crippen LogP contribution in [0.1, 0.15) is 18.0 Å². The Hall–Kier alpha value is -2.97. The lowest BCUT2D eigenvalue weighted by atomic mass is 10.0. The maximum atomic E-state index is 12.8. The van der Waals surface area contributed by atoms with Gasteiger partial charge in [0.05, 0.1) is 23.6 Å². The van der Waals surface area contributed by atoms with Crippen molar-refractivity contribution in [1.29, 1.82) is 0 Å². The molecule has 8 nitrogen and oxygen atoms in total. The first kappa shape index (κ1) is 20.8. The largest absolute Gasteiger partial charge is 0.392 e. The fourth-order valence-electron chi connectivity index (χ4n) is 3.53.